The average Bonchev–Trinajstić information content (AvgIpc) is 2.63. The zero-order valence-corrected chi connectivity index (χ0v) is 15.5. The SMILES string of the molecule is CC(C)(C)OC(=O)NCCNC1CCCOc2cc(Br)ccc21. The lowest BCUT2D eigenvalue weighted by Gasteiger charge is -2.21. The molecule has 0 radical (unpaired) electrons. The molecular formula is C17H25BrN2O3. The van der Waals surface area contributed by atoms with Gasteiger partial charge in [0.2, 0.25) is 0 Å². The molecule has 0 saturated heterocycles. The van der Waals surface area contributed by atoms with Crippen LogP contribution in [0.15, 0.2) is 22.7 Å². The van der Waals surface area contributed by atoms with Crippen molar-refractivity contribution in [3.8, 4) is 5.75 Å². The Kier molecular flexibility index (Phi) is 6.30. The van der Waals surface area contributed by atoms with Crippen LogP contribution < -0.4 is 15.4 Å². The number of amides is 1. The third-order valence-electron chi connectivity index (χ3n) is 3.43. The number of hydrogen-bond donors (Lipinski definition) is 2. The van der Waals surface area contributed by atoms with Crippen LogP contribution in [0, 0.1) is 0 Å². The smallest absolute Gasteiger partial charge is 0.407 e. The van der Waals surface area contributed by atoms with Gasteiger partial charge in [-0.2, -0.15) is 0 Å². The van der Waals surface area contributed by atoms with Crippen LogP contribution in [-0.2, 0) is 4.74 Å². The molecule has 6 heteroatoms. The van der Waals surface area contributed by atoms with E-state index in [2.05, 4.69) is 32.6 Å². The van der Waals surface area contributed by atoms with E-state index in [-0.39, 0.29) is 12.1 Å². The number of halogens is 1. The molecule has 1 aromatic carbocycles. The molecule has 1 amide bonds. The molecule has 1 aliphatic rings. The summed E-state index contributed by atoms with van der Waals surface area (Å²) in [7, 11) is 0. The minimum Gasteiger partial charge on any atom is -0.493 e. The van der Waals surface area contributed by atoms with E-state index in [1.54, 1.807) is 0 Å². The summed E-state index contributed by atoms with van der Waals surface area (Å²) in [5.74, 6) is 0.925. The van der Waals surface area contributed by atoms with Crippen LogP contribution in [0.3, 0.4) is 0 Å². The van der Waals surface area contributed by atoms with Crippen molar-refractivity contribution in [3.63, 3.8) is 0 Å². The van der Waals surface area contributed by atoms with E-state index in [1.807, 2.05) is 32.9 Å². The molecule has 0 bridgehead atoms. The summed E-state index contributed by atoms with van der Waals surface area (Å²) in [6, 6.07) is 6.36. The van der Waals surface area contributed by atoms with E-state index in [9.17, 15) is 4.79 Å². The first kappa shape index (κ1) is 18.1. The van der Waals surface area contributed by atoms with Crippen LogP contribution in [-0.4, -0.2) is 31.4 Å². The van der Waals surface area contributed by atoms with Gasteiger partial charge in [-0.05, 0) is 45.7 Å². The van der Waals surface area contributed by atoms with Crippen molar-refractivity contribution >= 4 is 22.0 Å². The minimum absolute atomic E-state index is 0.237. The molecule has 0 saturated carbocycles. The molecule has 1 unspecified atom stereocenters. The number of fused-ring (bicyclic) bond motifs is 1. The quantitative estimate of drug-likeness (QED) is 0.775. The zero-order chi connectivity index (χ0) is 16.9. The highest BCUT2D eigenvalue weighted by Gasteiger charge is 2.20. The van der Waals surface area contributed by atoms with Crippen molar-refractivity contribution in [1.29, 1.82) is 0 Å². The fourth-order valence-electron chi connectivity index (χ4n) is 2.48. The first-order valence-corrected chi connectivity index (χ1v) is 8.77. The molecule has 1 atom stereocenters. The number of carbonyl (C=O) groups is 1. The molecule has 23 heavy (non-hydrogen) atoms. The highest BCUT2D eigenvalue weighted by molar-refractivity contribution is 9.10. The van der Waals surface area contributed by atoms with E-state index < -0.39 is 5.60 Å². The Balaban J connectivity index is 1.83. The van der Waals surface area contributed by atoms with Crippen LogP contribution in [0.1, 0.15) is 45.2 Å². The van der Waals surface area contributed by atoms with Crippen molar-refractivity contribution in [2.45, 2.75) is 45.3 Å². The molecule has 1 aliphatic heterocycles. The van der Waals surface area contributed by atoms with Crippen LogP contribution >= 0.6 is 15.9 Å². The predicted octanol–water partition coefficient (Wildman–Crippen LogP) is 3.78. The number of alkyl carbamates (subject to hydrolysis) is 1. The van der Waals surface area contributed by atoms with Gasteiger partial charge in [-0.25, -0.2) is 4.79 Å². The lowest BCUT2D eigenvalue weighted by atomic mass is 10.0. The molecule has 2 rings (SSSR count). The van der Waals surface area contributed by atoms with Gasteiger partial charge in [0.1, 0.15) is 11.4 Å². The highest BCUT2D eigenvalue weighted by Crippen LogP contribution is 2.33. The maximum Gasteiger partial charge on any atom is 0.407 e. The number of ether oxygens (including phenoxy) is 2. The van der Waals surface area contributed by atoms with E-state index in [0.29, 0.717) is 13.1 Å². The number of rotatable bonds is 4. The molecular weight excluding hydrogens is 360 g/mol. The molecule has 1 aromatic rings. The van der Waals surface area contributed by atoms with Crippen molar-refractivity contribution < 1.29 is 14.3 Å². The van der Waals surface area contributed by atoms with Gasteiger partial charge in [0.15, 0.2) is 0 Å². The van der Waals surface area contributed by atoms with E-state index in [1.165, 1.54) is 5.56 Å². The van der Waals surface area contributed by atoms with Gasteiger partial charge in [0.05, 0.1) is 6.61 Å². The average molecular weight is 385 g/mol. The molecule has 0 aliphatic carbocycles. The van der Waals surface area contributed by atoms with Crippen molar-refractivity contribution in [2.24, 2.45) is 0 Å². The van der Waals surface area contributed by atoms with Gasteiger partial charge in [-0.15, -0.1) is 0 Å². The maximum absolute atomic E-state index is 11.6. The standard InChI is InChI=1S/C17H25BrN2O3/c1-17(2,3)23-16(21)20-9-8-19-14-5-4-10-22-15-11-12(18)6-7-13(14)15/h6-7,11,14,19H,4-5,8-10H2,1-3H3,(H,20,21). The van der Waals surface area contributed by atoms with Gasteiger partial charge in [-0.3, -0.25) is 0 Å². The van der Waals surface area contributed by atoms with Crippen LogP contribution in [0.2, 0.25) is 0 Å². The largest absolute Gasteiger partial charge is 0.493 e. The molecule has 2 N–H and O–H groups in total. The summed E-state index contributed by atoms with van der Waals surface area (Å²) < 4.78 is 12.0. The molecule has 0 fully saturated rings. The number of nitrogens with one attached hydrogen (secondary N) is 2. The van der Waals surface area contributed by atoms with E-state index in [4.69, 9.17) is 9.47 Å². The third kappa shape index (κ3) is 6.03. The van der Waals surface area contributed by atoms with Gasteiger partial charge >= 0.3 is 6.09 Å². The van der Waals surface area contributed by atoms with E-state index >= 15 is 0 Å². The second-order valence-electron chi connectivity index (χ2n) is 6.61. The molecule has 5 nitrogen and oxygen atoms in total. The molecule has 128 valence electrons. The Bertz CT molecular complexity index is 543. The Hall–Kier alpha value is -1.27. The summed E-state index contributed by atoms with van der Waals surface area (Å²) in [5.41, 5.74) is 0.700. The Morgan fingerprint density at radius 3 is 2.91 bits per heavy atom. The monoisotopic (exact) mass is 384 g/mol. The minimum atomic E-state index is -0.470. The fraction of sp³-hybridized carbons (Fsp3) is 0.588. The third-order valence-corrected chi connectivity index (χ3v) is 3.92. The van der Waals surface area contributed by atoms with Crippen LogP contribution in [0.4, 0.5) is 4.79 Å². The molecule has 0 aromatic heterocycles. The predicted molar refractivity (Wildman–Crippen MR) is 93.9 cm³/mol. The Morgan fingerprint density at radius 1 is 1.39 bits per heavy atom. The summed E-state index contributed by atoms with van der Waals surface area (Å²) in [6.45, 7) is 7.50. The Labute approximate surface area is 146 Å². The summed E-state index contributed by atoms with van der Waals surface area (Å²) in [5, 5.41) is 6.25. The van der Waals surface area contributed by atoms with Crippen molar-refractivity contribution in [3.05, 3.63) is 28.2 Å². The fourth-order valence-corrected chi connectivity index (χ4v) is 2.82. The second kappa shape index (κ2) is 8.02. The van der Waals surface area contributed by atoms with Crippen molar-refractivity contribution in [1.82, 2.24) is 10.6 Å². The van der Waals surface area contributed by atoms with Gasteiger partial charge in [-0.1, -0.05) is 22.0 Å². The maximum atomic E-state index is 11.6. The lowest BCUT2D eigenvalue weighted by molar-refractivity contribution is 0.0528. The number of carbonyl (C=O) groups excluding carboxylic acids is 1. The van der Waals surface area contributed by atoms with Gasteiger partial charge in [0, 0.05) is 29.2 Å². The zero-order valence-electron chi connectivity index (χ0n) is 13.9. The van der Waals surface area contributed by atoms with E-state index in [0.717, 1.165) is 29.7 Å². The first-order valence-electron chi connectivity index (χ1n) is 7.97. The van der Waals surface area contributed by atoms with Crippen molar-refractivity contribution in [2.75, 3.05) is 19.7 Å². The Morgan fingerprint density at radius 2 is 2.17 bits per heavy atom. The molecule has 1 heterocycles. The second-order valence-corrected chi connectivity index (χ2v) is 7.52. The summed E-state index contributed by atoms with van der Waals surface area (Å²) in [4.78, 5) is 11.6. The van der Waals surface area contributed by atoms with Gasteiger partial charge < -0.3 is 20.1 Å². The normalized spacial score (nSPS) is 17.7. The van der Waals surface area contributed by atoms with Crippen LogP contribution in [0.5, 0.6) is 5.75 Å². The first-order chi connectivity index (χ1) is 10.8. The summed E-state index contributed by atoms with van der Waals surface area (Å²) in [6.07, 6.45) is 1.64. The van der Waals surface area contributed by atoms with Gasteiger partial charge in [0.25, 0.3) is 0 Å². The highest BCUT2D eigenvalue weighted by atomic mass is 79.9. The summed E-state index contributed by atoms with van der Waals surface area (Å²) >= 11 is 3.48. The number of benzene rings is 1. The lowest BCUT2D eigenvalue weighted by Crippen LogP contribution is -2.37. The topological polar surface area (TPSA) is 59.6 Å². The number of hydrogen-bond acceptors (Lipinski definition) is 4. The van der Waals surface area contributed by atoms with Crippen LogP contribution in [0.25, 0.3) is 0 Å². The molecule has 0 spiro atoms.